The third kappa shape index (κ3) is 6.17. The van der Waals surface area contributed by atoms with Gasteiger partial charge in [0, 0.05) is 36.9 Å². The number of ether oxygens (including phenoxy) is 2. The van der Waals surface area contributed by atoms with Crippen LogP contribution in [-0.2, 0) is 0 Å². The predicted molar refractivity (Wildman–Crippen MR) is 134 cm³/mol. The Kier molecular flexibility index (Phi) is 8.56. The minimum absolute atomic E-state index is 0.0138. The fourth-order valence-electron chi connectivity index (χ4n) is 5.13. The molecule has 1 aliphatic heterocycles. The summed E-state index contributed by atoms with van der Waals surface area (Å²) >= 11 is 0. The van der Waals surface area contributed by atoms with Gasteiger partial charge in [-0.3, -0.25) is 9.88 Å². The number of halogens is 3. The number of piperidine rings is 1. The van der Waals surface area contributed by atoms with Crippen LogP contribution in [0.25, 0.3) is 10.9 Å². The van der Waals surface area contributed by atoms with Gasteiger partial charge in [-0.15, -0.1) is 0 Å². The molecule has 0 amide bonds. The van der Waals surface area contributed by atoms with Crippen LogP contribution in [0.1, 0.15) is 42.9 Å². The molecule has 4 rings (SSSR count). The number of hydrogen-bond acceptors (Lipinski definition) is 6. The van der Waals surface area contributed by atoms with Crippen LogP contribution in [0.15, 0.2) is 36.5 Å². The lowest BCUT2D eigenvalue weighted by molar-refractivity contribution is 0.0202. The normalized spacial score (nSPS) is 16.6. The molecule has 1 saturated heterocycles. The molecule has 2 N–H and O–H groups in total. The smallest absolute Gasteiger partial charge is 0.190 e. The largest absolute Gasteiger partial charge is 0.497 e. The quantitative estimate of drug-likeness (QED) is 0.396. The third-order valence-corrected chi connectivity index (χ3v) is 7.47. The number of likely N-dealkylation sites (tertiary alicyclic amines) is 1. The van der Waals surface area contributed by atoms with Gasteiger partial charge < -0.3 is 19.7 Å². The van der Waals surface area contributed by atoms with Crippen molar-refractivity contribution in [1.82, 2.24) is 9.88 Å². The van der Waals surface area contributed by atoms with Crippen LogP contribution in [0.2, 0.25) is 0 Å². The van der Waals surface area contributed by atoms with E-state index in [1.807, 2.05) is 25.1 Å². The minimum atomic E-state index is -1.07. The van der Waals surface area contributed by atoms with Gasteiger partial charge in [0.25, 0.3) is 0 Å². The molecular weight excluding hydrogens is 485 g/mol. The van der Waals surface area contributed by atoms with Crippen LogP contribution in [0.3, 0.4) is 0 Å². The van der Waals surface area contributed by atoms with Crippen LogP contribution >= 0.6 is 0 Å². The Morgan fingerprint density at radius 1 is 1.11 bits per heavy atom. The monoisotopic (exact) mass is 518 g/mol. The SMILES string of the molecule is COc1ccc2ncc(C)c([C@@H](O)CCC3(CO)CCN(CCOc4c(F)cc(F)cc4F)CC3)c2c1. The van der Waals surface area contributed by atoms with Crippen LogP contribution in [-0.4, -0.2) is 60.1 Å². The molecule has 1 aromatic heterocycles. The maximum Gasteiger partial charge on any atom is 0.190 e. The van der Waals surface area contributed by atoms with Crippen molar-refractivity contribution in [3.05, 3.63) is 65.1 Å². The summed E-state index contributed by atoms with van der Waals surface area (Å²) in [6.45, 7) is 3.81. The number of aromatic nitrogens is 1. The highest BCUT2D eigenvalue weighted by atomic mass is 19.1. The van der Waals surface area contributed by atoms with Crippen molar-refractivity contribution in [2.75, 3.05) is 40.0 Å². The maximum absolute atomic E-state index is 13.8. The molecule has 3 aromatic rings. The number of pyridine rings is 1. The van der Waals surface area contributed by atoms with Gasteiger partial charge in [0.1, 0.15) is 18.2 Å². The molecule has 0 radical (unpaired) electrons. The van der Waals surface area contributed by atoms with Crippen molar-refractivity contribution in [1.29, 1.82) is 0 Å². The predicted octanol–water partition coefficient (Wildman–Crippen LogP) is 4.94. The lowest BCUT2D eigenvalue weighted by atomic mass is 9.74. The Morgan fingerprint density at radius 3 is 2.46 bits per heavy atom. The summed E-state index contributed by atoms with van der Waals surface area (Å²) in [6.07, 6.45) is 3.63. The van der Waals surface area contributed by atoms with Crippen molar-refractivity contribution < 1.29 is 32.9 Å². The van der Waals surface area contributed by atoms with Gasteiger partial charge in [0.15, 0.2) is 17.4 Å². The molecule has 2 aromatic carbocycles. The zero-order valence-corrected chi connectivity index (χ0v) is 21.1. The van der Waals surface area contributed by atoms with Crippen molar-refractivity contribution in [3.8, 4) is 11.5 Å². The lowest BCUT2D eigenvalue weighted by Gasteiger charge is -2.41. The number of aryl methyl sites for hydroxylation is 1. The van der Waals surface area contributed by atoms with E-state index < -0.39 is 29.3 Å². The number of rotatable bonds is 10. The first-order chi connectivity index (χ1) is 17.7. The van der Waals surface area contributed by atoms with Gasteiger partial charge in [-0.2, -0.15) is 0 Å². The molecule has 1 atom stereocenters. The third-order valence-electron chi connectivity index (χ3n) is 7.47. The fraction of sp³-hybridized carbons (Fsp3) is 0.464. The second-order valence-corrected chi connectivity index (χ2v) is 9.84. The summed E-state index contributed by atoms with van der Waals surface area (Å²) in [7, 11) is 1.60. The van der Waals surface area contributed by atoms with Gasteiger partial charge in [-0.1, -0.05) is 0 Å². The van der Waals surface area contributed by atoms with Crippen LogP contribution in [0.5, 0.6) is 11.5 Å². The second kappa shape index (κ2) is 11.7. The zero-order chi connectivity index (χ0) is 26.6. The lowest BCUT2D eigenvalue weighted by Crippen LogP contribution is -2.43. The molecule has 0 bridgehead atoms. The van der Waals surface area contributed by atoms with Crippen LogP contribution in [0, 0.1) is 29.8 Å². The highest BCUT2D eigenvalue weighted by Gasteiger charge is 2.34. The molecule has 200 valence electrons. The Morgan fingerprint density at radius 2 is 1.81 bits per heavy atom. The van der Waals surface area contributed by atoms with Crippen molar-refractivity contribution in [2.45, 2.75) is 38.7 Å². The molecule has 0 saturated carbocycles. The first-order valence-electron chi connectivity index (χ1n) is 12.5. The number of hydrogen-bond donors (Lipinski definition) is 2. The summed E-state index contributed by atoms with van der Waals surface area (Å²) in [5.74, 6) is -3.00. The summed E-state index contributed by atoms with van der Waals surface area (Å²) in [6, 6.07) is 6.79. The average molecular weight is 519 g/mol. The topological polar surface area (TPSA) is 75.0 Å². The van der Waals surface area contributed by atoms with Crippen LogP contribution in [0.4, 0.5) is 13.2 Å². The highest BCUT2D eigenvalue weighted by molar-refractivity contribution is 5.84. The van der Waals surface area contributed by atoms with E-state index in [9.17, 15) is 23.4 Å². The second-order valence-electron chi connectivity index (χ2n) is 9.84. The standard InChI is InChI=1S/C28H33F3N2O4/c1-18-16-32-24-4-3-20(36-2)15-21(24)26(18)25(35)5-6-28(17-34)7-9-33(10-8-28)11-12-37-27-22(30)13-19(29)14-23(27)31/h3-4,13-16,25,34-35H,5-12,17H2,1-2H3/t25-/m0/s1. The molecule has 0 unspecified atom stereocenters. The number of fused-ring (bicyclic) bond motifs is 1. The van der Waals surface area contributed by atoms with E-state index in [1.54, 1.807) is 13.3 Å². The summed E-state index contributed by atoms with van der Waals surface area (Å²) in [5.41, 5.74) is 2.19. The molecule has 6 nitrogen and oxygen atoms in total. The number of aliphatic hydroxyl groups is 2. The van der Waals surface area contributed by atoms with Crippen LogP contribution < -0.4 is 9.47 Å². The molecule has 2 heterocycles. The Labute approximate surface area is 214 Å². The van der Waals surface area contributed by atoms with Gasteiger partial charge >= 0.3 is 0 Å². The molecular formula is C28H33F3N2O4. The van der Waals surface area contributed by atoms with E-state index in [1.165, 1.54) is 0 Å². The maximum atomic E-state index is 13.8. The number of methoxy groups -OCH3 is 1. The summed E-state index contributed by atoms with van der Waals surface area (Å²) in [5, 5.41) is 22.3. The van der Waals surface area contributed by atoms with E-state index in [0.29, 0.717) is 50.4 Å². The van der Waals surface area contributed by atoms with Crippen molar-refractivity contribution in [3.63, 3.8) is 0 Å². The minimum Gasteiger partial charge on any atom is -0.497 e. The van der Waals surface area contributed by atoms with E-state index in [2.05, 4.69) is 9.88 Å². The Hall–Kier alpha value is -2.88. The number of nitrogens with zero attached hydrogens (tertiary/aromatic N) is 2. The van der Waals surface area contributed by atoms with Gasteiger partial charge in [0.2, 0.25) is 0 Å². The first-order valence-corrected chi connectivity index (χ1v) is 12.5. The number of benzene rings is 2. The average Bonchev–Trinajstić information content (AvgIpc) is 2.89. The molecule has 1 aliphatic rings. The van der Waals surface area contributed by atoms with E-state index in [4.69, 9.17) is 9.47 Å². The Balaban J connectivity index is 1.33. The molecule has 1 fully saturated rings. The summed E-state index contributed by atoms with van der Waals surface area (Å²) < 4.78 is 51.2. The van der Waals surface area contributed by atoms with Gasteiger partial charge in [-0.05, 0) is 80.4 Å². The molecule has 0 spiro atoms. The number of aliphatic hydroxyl groups excluding tert-OH is 2. The van der Waals surface area contributed by atoms with E-state index in [0.717, 1.165) is 34.9 Å². The van der Waals surface area contributed by atoms with Gasteiger partial charge in [-0.25, -0.2) is 13.2 Å². The van der Waals surface area contributed by atoms with E-state index >= 15 is 0 Å². The molecule has 0 aliphatic carbocycles. The fourth-order valence-corrected chi connectivity index (χ4v) is 5.13. The summed E-state index contributed by atoms with van der Waals surface area (Å²) in [4.78, 5) is 6.57. The molecule has 37 heavy (non-hydrogen) atoms. The Bertz CT molecular complexity index is 1210. The first kappa shape index (κ1) is 27.2. The van der Waals surface area contributed by atoms with E-state index in [-0.39, 0.29) is 18.6 Å². The van der Waals surface area contributed by atoms with Crippen molar-refractivity contribution in [2.24, 2.45) is 5.41 Å². The molecule has 9 heteroatoms. The van der Waals surface area contributed by atoms with Gasteiger partial charge in [0.05, 0.1) is 18.7 Å². The van der Waals surface area contributed by atoms with Crippen molar-refractivity contribution >= 4 is 10.9 Å². The zero-order valence-electron chi connectivity index (χ0n) is 21.1. The highest BCUT2D eigenvalue weighted by Crippen LogP contribution is 2.39.